The van der Waals surface area contributed by atoms with Crippen LogP contribution in [0.4, 0.5) is 17.1 Å². The summed E-state index contributed by atoms with van der Waals surface area (Å²) < 4.78 is 4.02. The second-order valence-electron chi connectivity index (χ2n) is 4.75. The molecule has 0 amide bonds. The molecule has 29 heavy (non-hydrogen) atoms. The van der Waals surface area contributed by atoms with Crippen LogP contribution in [0.15, 0.2) is 12.1 Å². The number of esters is 1. The van der Waals surface area contributed by atoms with Crippen molar-refractivity contribution in [3.8, 4) is 0 Å². The molecule has 0 N–H and O–H groups in total. The highest BCUT2D eigenvalue weighted by Crippen LogP contribution is 2.34. The third-order valence-electron chi connectivity index (χ3n) is 3.16. The first kappa shape index (κ1) is 22.1. The Morgan fingerprint density at radius 2 is 1.14 bits per heavy atom. The lowest BCUT2D eigenvalue weighted by Crippen LogP contribution is -2.57. The minimum absolute atomic E-state index is 0.116. The van der Waals surface area contributed by atoms with Gasteiger partial charge < -0.3 is 4.74 Å². The van der Waals surface area contributed by atoms with Gasteiger partial charge in [-0.3, -0.25) is 60.7 Å². The van der Waals surface area contributed by atoms with Gasteiger partial charge in [0.05, 0.1) is 26.9 Å². The molecule has 0 fully saturated rings. The number of carbonyl (C=O) groups is 1. The first-order chi connectivity index (χ1) is 13.3. The zero-order chi connectivity index (χ0) is 22.7. The number of carbonyl (C=O) groups excluding carboxylic acids is 1. The van der Waals surface area contributed by atoms with Crippen molar-refractivity contribution in [1.82, 2.24) is 0 Å². The fourth-order valence-corrected chi connectivity index (χ4v) is 1.79. The van der Waals surface area contributed by atoms with Crippen LogP contribution in [0.3, 0.4) is 0 Å². The maximum atomic E-state index is 12.0. The van der Waals surface area contributed by atoms with Crippen molar-refractivity contribution in [2.24, 2.45) is 0 Å². The summed E-state index contributed by atoms with van der Waals surface area (Å²) in [7, 11) is 0. The van der Waals surface area contributed by atoms with Gasteiger partial charge in [0, 0.05) is 0 Å². The molecule has 20 nitrogen and oxygen atoms in total. The number of nitrogens with zero attached hydrogens (tertiary/aromatic N) is 6. The van der Waals surface area contributed by atoms with E-state index >= 15 is 0 Å². The Balaban J connectivity index is 3.56. The minimum atomic E-state index is -4.31. The van der Waals surface area contributed by atoms with Crippen LogP contribution in [-0.2, 0) is 4.74 Å². The summed E-state index contributed by atoms with van der Waals surface area (Å²) in [6.07, 6.45) is 0. The maximum absolute atomic E-state index is 12.0. The number of hydrogen-bond acceptors (Lipinski definition) is 14. The van der Waals surface area contributed by atoms with E-state index in [4.69, 9.17) is 0 Å². The monoisotopic (exact) mass is 420 g/mol. The number of ether oxygens (including phenoxy) is 1. The predicted octanol–water partition coefficient (Wildman–Crippen LogP) is 0.0519. The van der Waals surface area contributed by atoms with Crippen LogP contribution in [0.2, 0.25) is 0 Å². The molecule has 0 aromatic heterocycles. The molecule has 1 aromatic carbocycles. The summed E-state index contributed by atoms with van der Waals surface area (Å²) >= 11 is 0. The van der Waals surface area contributed by atoms with E-state index in [1.165, 1.54) is 0 Å². The fraction of sp³-hybridized carbons (Fsp3) is 0.222. The fourth-order valence-electron chi connectivity index (χ4n) is 1.79. The van der Waals surface area contributed by atoms with Crippen LogP contribution >= 0.6 is 0 Å². The Hall–Kier alpha value is -4.91. The van der Waals surface area contributed by atoms with Gasteiger partial charge in [0.1, 0.15) is 0 Å². The Bertz CT molecular complexity index is 899. The average Bonchev–Trinajstić information content (AvgIpc) is 2.59. The van der Waals surface area contributed by atoms with Crippen molar-refractivity contribution in [1.29, 1.82) is 0 Å². The van der Waals surface area contributed by atoms with E-state index in [1.54, 1.807) is 0 Å². The van der Waals surface area contributed by atoms with Crippen molar-refractivity contribution in [2.75, 3.05) is 6.61 Å². The van der Waals surface area contributed by atoms with Crippen LogP contribution < -0.4 is 0 Å². The van der Waals surface area contributed by atoms with E-state index in [0.29, 0.717) is 0 Å². The van der Waals surface area contributed by atoms with Gasteiger partial charge in [0.25, 0.3) is 17.1 Å². The molecular weight excluding hydrogens is 416 g/mol. The molecule has 0 heterocycles. The lowest BCUT2D eigenvalue weighted by atomic mass is 10.1. The Morgan fingerprint density at radius 3 is 1.41 bits per heavy atom. The van der Waals surface area contributed by atoms with Crippen LogP contribution in [0.5, 0.6) is 0 Å². The summed E-state index contributed by atoms with van der Waals surface area (Å²) in [6.45, 7) is -2.20. The largest absolute Gasteiger partial charge is 0.734 e. The third-order valence-corrected chi connectivity index (χ3v) is 3.16. The second-order valence-corrected chi connectivity index (χ2v) is 4.75. The van der Waals surface area contributed by atoms with Crippen molar-refractivity contribution in [2.45, 2.75) is 5.79 Å². The zero-order valence-electron chi connectivity index (χ0n) is 13.3. The summed E-state index contributed by atoms with van der Waals surface area (Å²) in [5.74, 6) is -6.48. The molecule has 154 valence electrons. The number of nitro benzene ring substituents is 3. The molecule has 20 heteroatoms. The standard InChI is InChI=1S/C9H4N6O14/c16-8(29-3-9(13(23)24,14(25)26)15(27)28)7-5(11(19)20)1-4(10(17)18)2-6(7)12(21)22/h1-2H,3H2. The highest BCUT2D eigenvalue weighted by molar-refractivity contribution is 5.99. The zero-order valence-corrected chi connectivity index (χ0v) is 13.3. The summed E-state index contributed by atoms with van der Waals surface area (Å²) in [5.41, 5.74) is -5.86. The smallest absolute Gasteiger partial charge is 0.437 e. The number of nitro groups is 6. The molecule has 0 atom stereocenters. The van der Waals surface area contributed by atoms with Gasteiger partial charge in [-0.2, -0.15) is 0 Å². The van der Waals surface area contributed by atoms with E-state index in [0.717, 1.165) is 0 Å². The molecule has 0 saturated carbocycles. The predicted molar refractivity (Wildman–Crippen MR) is 80.4 cm³/mol. The number of non-ortho nitro benzene ring substituents is 1. The lowest BCUT2D eigenvalue weighted by Gasteiger charge is -2.09. The highest BCUT2D eigenvalue weighted by Gasteiger charge is 2.72. The summed E-state index contributed by atoms with van der Waals surface area (Å²) in [6, 6.07) is 0.233. The van der Waals surface area contributed by atoms with Crippen molar-refractivity contribution in [3.63, 3.8) is 0 Å². The van der Waals surface area contributed by atoms with Gasteiger partial charge in [0.15, 0.2) is 14.8 Å². The van der Waals surface area contributed by atoms with E-state index in [-0.39, 0.29) is 12.1 Å². The minimum Gasteiger partial charge on any atom is -0.437 e. The van der Waals surface area contributed by atoms with Crippen LogP contribution in [-0.4, -0.2) is 47.9 Å². The molecule has 1 rings (SSSR count). The number of benzene rings is 1. The molecular formula is C9H4N6O14. The molecule has 0 aliphatic heterocycles. The van der Waals surface area contributed by atoms with Crippen LogP contribution in [0.1, 0.15) is 10.4 Å². The Kier molecular flexibility index (Phi) is 5.93. The van der Waals surface area contributed by atoms with Crippen molar-refractivity contribution in [3.05, 3.63) is 78.4 Å². The maximum Gasteiger partial charge on any atom is 0.734 e. The normalized spacial score (nSPS) is 10.6. The Morgan fingerprint density at radius 1 is 0.759 bits per heavy atom. The van der Waals surface area contributed by atoms with Crippen molar-refractivity contribution >= 4 is 23.0 Å². The third kappa shape index (κ3) is 3.93. The molecule has 0 spiro atoms. The number of hydrogen-bond donors (Lipinski definition) is 0. The highest BCUT2D eigenvalue weighted by atomic mass is 16.7. The van der Waals surface area contributed by atoms with Gasteiger partial charge in [-0.05, 0) is 0 Å². The SMILES string of the molecule is O=C(OCC([N+](=O)[O-])([N+](=O)[O-])[N+](=O)[O-])c1c([N+](=O)[O-])cc([N+](=O)[O-])cc1[N+](=O)[O-]. The van der Waals surface area contributed by atoms with E-state index in [2.05, 4.69) is 4.74 Å². The molecule has 0 saturated heterocycles. The van der Waals surface area contributed by atoms with Gasteiger partial charge in [-0.25, -0.2) is 4.79 Å². The first-order valence-corrected chi connectivity index (χ1v) is 6.49. The van der Waals surface area contributed by atoms with Crippen LogP contribution in [0.25, 0.3) is 0 Å². The Labute approximate surface area is 154 Å². The quantitative estimate of drug-likeness (QED) is 0.221. The topological polar surface area (TPSA) is 285 Å². The van der Waals surface area contributed by atoms with E-state index in [1.807, 2.05) is 0 Å². The van der Waals surface area contributed by atoms with Gasteiger partial charge >= 0.3 is 18.4 Å². The summed E-state index contributed by atoms with van der Waals surface area (Å²) in [5, 5.41) is 65.1. The van der Waals surface area contributed by atoms with E-state index in [9.17, 15) is 65.5 Å². The molecule has 0 aliphatic rings. The molecule has 0 radical (unpaired) electrons. The molecule has 0 aliphatic carbocycles. The molecule has 0 unspecified atom stereocenters. The molecule has 0 bridgehead atoms. The number of rotatable bonds is 9. The lowest BCUT2D eigenvalue weighted by molar-refractivity contribution is -0.970. The molecule has 1 aromatic rings. The van der Waals surface area contributed by atoms with Gasteiger partial charge in [-0.1, -0.05) is 0 Å². The van der Waals surface area contributed by atoms with Gasteiger partial charge in [-0.15, -0.1) is 0 Å². The second kappa shape index (κ2) is 7.77. The van der Waals surface area contributed by atoms with E-state index < -0.39 is 70.5 Å². The van der Waals surface area contributed by atoms with Gasteiger partial charge in [0.2, 0.25) is 5.56 Å². The first-order valence-electron chi connectivity index (χ1n) is 6.49. The van der Waals surface area contributed by atoms with Crippen molar-refractivity contribution < 1.29 is 39.1 Å². The average molecular weight is 420 g/mol. The van der Waals surface area contributed by atoms with Crippen LogP contribution in [0, 0.1) is 60.7 Å². The summed E-state index contributed by atoms with van der Waals surface area (Å²) in [4.78, 5) is 66.8.